The second-order valence-electron chi connectivity index (χ2n) is 5.37. The van der Waals surface area contributed by atoms with Crippen LogP contribution in [0.3, 0.4) is 0 Å². The number of aryl methyl sites for hydroxylation is 1. The SMILES string of the molecule is COc1cc(C)c(C)c2c1C(=O)C[C@H](c1ccccc1)O2. The maximum atomic E-state index is 12.6. The van der Waals surface area contributed by atoms with E-state index in [2.05, 4.69) is 0 Å². The molecule has 2 aromatic carbocycles. The second-order valence-corrected chi connectivity index (χ2v) is 5.37. The van der Waals surface area contributed by atoms with Crippen molar-refractivity contribution in [1.29, 1.82) is 0 Å². The van der Waals surface area contributed by atoms with Crippen molar-refractivity contribution >= 4 is 5.78 Å². The summed E-state index contributed by atoms with van der Waals surface area (Å²) in [4.78, 5) is 12.6. The fraction of sp³-hybridized carbons (Fsp3) is 0.278. The predicted molar refractivity (Wildman–Crippen MR) is 81.2 cm³/mol. The molecule has 0 aromatic heterocycles. The summed E-state index contributed by atoms with van der Waals surface area (Å²) in [5.74, 6) is 1.34. The van der Waals surface area contributed by atoms with E-state index >= 15 is 0 Å². The van der Waals surface area contributed by atoms with Crippen LogP contribution in [-0.2, 0) is 0 Å². The minimum Gasteiger partial charge on any atom is -0.496 e. The number of fused-ring (bicyclic) bond motifs is 1. The highest BCUT2D eigenvalue weighted by atomic mass is 16.5. The highest BCUT2D eigenvalue weighted by Crippen LogP contribution is 2.42. The molecule has 0 fully saturated rings. The van der Waals surface area contributed by atoms with Crippen LogP contribution >= 0.6 is 0 Å². The molecule has 3 heteroatoms. The fourth-order valence-corrected chi connectivity index (χ4v) is 2.74. The Hall–Kier alpha value is -2.29. The van der Waals surface area contributed by atoms with Gasteiger partial charge in [0.1, 0.15) is 23.2 Å². The second kappa shape index (κ2) is 5.24. The van der Waals surface area contributed by atoms with Crippen LogP contribution in [0.4, 0.5) is 0 Å². The molecule has 0 aliphatic carbocycles. The van der Waals surface area contributed by atoms with Gasteiger partial charge in [-0.3, -0.25) is 4.79 Å². The standard InChI is InChI=1S/C18H18O3/c1-11-9-16(20-3)17-14(19)10-15(21-18(17)12(11)2)13-7-5-4-6-8-13/h4-9,15H,10H2,1-3H3/t15-/m1/s1. The molecule has 0 radical (unpaired) electrons. The monoisotopic (exact) mass is 282 g/mol. The van der Waals surface area contributed by atoms with Crippen molar-refractivity contribution < 1.29 is 14.3 Å². The molecule has 1 atom stereocenters. The normalized spacial score (nSPS) is 17.1. The van der Waals surface area contributed by atoms with E-state index in [0.29, 0.717) is 23.5 Å². The predicted octanol–water partition coefficient (Wildman–Crippen LogP) is 4.02. The van der Waals surface area contributed by atoms with Gasteiger partial charge in [-0.2, -0.15) is 0 Å². The number of ketones is 1. The Morgan fingerprint density at radius 3 is 2.57 bits per heavy atom. The first kappa shape index (κ1) is 13.7. The van der Waals surface area contributed by atoms with Crippen LogP contribution in [0.2, 0.25) is 0 Å². The Bertz CT molecular complexity index is 689. The third-order valence-corrected chi connectivity index (χ3v) is 4.05. The van der Waals surface area contributed by atoms with Gasteiger partial charge in [-0.15, -0.1) is 0 Å². The first-order valence-corrected chi connectivity index (χ1v) is 7.04. The minimum atomic E-state index is -0.226. The number of ether oxygens (including phenoxy) is 2. The molecule has 3 rings (SSSR count). The number of carbonyl (C=O) groups is 1. The van der Waals surface area contributed by atoms with Crippen molar-refractivity contribution in [2.24, 2.45) is 0 Å². The maximum absolute atomic E-state index is 12.6. The van der Waals surface area contributed by atoms with Gasteiger partial charge in [0.05, 0.1) is 13.5 Å². The van der Waals surface area contributed by atoms with Gasteiger partial charge in [-0.1, -0.05) is 30.3 Å². The Labute approximate surface area is 124 Å². The Morgan fingerprint density at radius 2 is 1.90 bits per heavy atom. The summed E-state index contributed by atoms with van der Waals surface area (Å²) in [6.45, 7) is 3.98. The molecule has 108 valence electrons. The summed E-state index contributed by atoms with van der Waals surface area (Å²) in [5.41, 5.74) is 3.66. The number of carbonyl (C=O) groups excluding carboxylic acids is 1. The third-order valence-electron chi connectivity index (χ3n) is 4.05. The van der Waals surface area contributed by atoms with Gasteiger partial charge in [-0.05, 0) is 36.6 Å². The number of Topliss-reactive ketones (excluding diaryl/α,β-unsaturated/α-hetero) is 1. The molecule has 0 bridgehead atoms. The smallest absolute Gasteiger partial charge is 0.174 e. The molecule has 0 saturated heterocycles. The lowest BCUT2D eigenvalue weighted by atomic mass is 9.92. The van der Waals surface area contributed by atoms with E-state index in [9.17, 15) is 4.79 Å². The average molecular weight is 282 g/mol. The van der Waals surface area contributed by atoms with E-state index in [1.165, 1.54) is 0 Å². The van der Waals surface area contributed by atoms with E-state index in [1.807, 2.05) is 50.2 Å². The quantitative estimate of drug-likeness (QED) is 0.834. The zero-order valence-corrected chi connectivity index (χ0v) is 12.5. The van der Waals surface area contributed by atoms with Gasteiger partial charge in [0.15, 0.2) is 5.78 Å². The largest absolute Gasteiger partial charge is 0.496 e. The molecule has 0 unspecified atom stereocenters. The molecule has 0 saturated carbocycles. The first-order chi connectivity index (χ1) is 10.1. The van der Waals surface area contributed by atoms with E-state index in [0.717, 1.165) is 16.7 Å². The van der Waals surface area contributed by atoms with Crippen molar-refractivity contribution in [3.05, 3.63) is 58.7 Å². The molecule has 1 aliphatic rings. The number of hydrogen-bond donors (Lipinski definition) is 0. The summed E-state index contributed by atoms with van der Waals surface area (Å²) in [6.07, 6.45) is 0.118. The topological polar surface area (TPSA) is 35.5 Å². The van der Waals surface area contributed by atoms with Crippen LogP contribution in [0.15, 0.2) is 36.4 Å². The highest BCUT2D eigenvalue weighted by Gasteiger charge is 2.32. The number of rotatable bonds is 2. The van der Waals surface area contributed by atoms with Crippen LogP contribution < -0.4 is 9.47 Å². The van der Waals surface area contributed by atoms with E-state index in [4.69, 9.17) is 9.47 Å². The molecule has 1 heterocycles. The Kier molecular flexibility index (Phi) is 3.42. The average Bonchev–Trinajstić information content (AvgIpc) is 2.51. The minimum absolute atomic E-state index is 0.0741. The highest BCUT2D eigenvalue weighted by molar-refractivity contribution is 6.03. The number of benzene rings is 2. The third kappa shape index (κ3) is 2.29. The molecular formula is C18H18O3. The zero-order valence-electron chi connectivity index (χ0n) is 12.5. The molecule has 0 N–H and O–H groups in total. The van der Waals surface area contributed by atoms with Gasteiger partial charge < -0.3 is 9.47 Å². The Morgan fingerprint density at radius 1 is 1.19 bits per heavy atom. The first-order valence-electron chi connectivity index (χ1n) is 7.04. The van der Waals surface area contributed by atoms with Gasteiger partial charge in [0, 0.05) is 0 Å². The van der Waals surface area contributed by atoms with E-state index in [1.54, 1.807) is 7.11 Å². The van der Waals surface area contributed by atoms with Crippen molar-refractivity contribution in [2.75, 3.05) is 7.11 Å². The summed E-state index contributed by atoms with van der Waals surface area (Å²) >= 11 is 0. The zero-order chi connectivity index (χ0) is 15.0. The lowest BCUT2D eigenvalue weighted by molar-refractivity contribution is 0.0843. The van der Waals surface area contributed by atoms with Gasteiger partial charge in [0.25, 0.3) is 0 Å². The molecule has 3 nitrogen and oxygen atoms in total. The summed E-state index contributed by atoms with van der Waals surface area (Å²) in [7, 11) is 1.58. The lowest BCUT2D eigenvalue weighted by Crippen LogP contribution is -2.22. The maximum Gasteiger partial charge on any atom is 0.174 e. The molecule has 21 heavy (non-hydrogen) atoms. The van der Waals surface area contributed by atoms with Gasteiger partial charge >= 0.3 is 0 Å². The number of methoxy groups -OCH3 is 1. The van der Waals surface area contributed by atoms with E-state index < -0.39 is 0 Å². The fourth-order valence-electron chi connectivity index (χ4n) is 2.74. The molecular weight excluding hydrogens is 264 g/mol. The summed E-state index contributed by atoms with van der Waals surface area (Å²) in [5, 5.41) is 0. The molecule has 1 aliphatic heterocycles. The molecule has 0 amide bonds. The van der Waals surface area contributed by atoms with Crippen LogP contribution in [0.1, 0.15) is 39.6 Å². The van der Waals surface area contributed by atoms with Gasteiger partial charge in [-0.25, -0.2) is 0 Å². The molecule has 2 aromatic rings. The van der Waals surface area contributed by atoms with Crippen LogP contribution in [0.5, 0.6) is 11.5 Å². The van der Waals surface area contributed by atoms with Crippen molar-refractivity contribution in [1.82, 2.24) is 0 Å². The lowest BCUT2D eigenvalue weighted by Gasteiger charge is -2.28. The molecule has 0 spiro atoms. The van der Waals surface area contributed by atoms with Crippen molar-refractivity contribution in [3.63, 3.8) is 0 Å². The van der Waals surface area contributed by atoms with E-state index in [-0.39, 0.29) is 11.9 Å². The Balaban J connectivity index is 2.10. The van der Waals surface area contributed by atoms with Crippen LogP contribution in [0, 0.1) is 13.8 Å². The van der Waals surface area contributed by atoms with Crippen LogP contribution in [0.25, 0.3) is 0 Å². The van der Waals surface area contributed by atoms with Crippen molar-refractivity contribution in [3.8, 4) is 11.5 Å². The van der Waals surface area contributed by atoms with Crippen molar-refractivity contribution in [2.45, 2.75) is 26.4 Å². The number of hydrogen-bond acceptors (Lipinski definition) is 3. The van der Waals surface area contributed by atoms with Crippen LogP contribution in [-0.4, -0.2) is 12.9 Å². The summed E-state index contributed by atoms with van der Waals surface area (Å²) in [6, 6.07) is 11.8. The van der Waals surface area contributed by atoms with Gasteiger partial charge in [0.2, 0.25) is 0 Å². The summed E-state index contributed by atoms with van der Waals surface area (Å²) < 4.78 is 11.5.